The molecule has 3 rings (SSSR count). The molecule has 1 heterocycles. The van der Waals surface area contributed by atoms with Crippen molar-refractivity contribution in [2.24, 2.45) is 0 Å². The van der Waals surface area contributed by atoms with Gasteiger partial charge in [0, 0.05) is 29.9 Å². The van der Waals surface area contributed by atoms with Gasteiger partial charge in [-0.15, -0.1) is 0 Å². The topological polar surface area (TPSA) is 71.5 Å². The predicted octanol–water partition coefficient (Wildman–Crippen LogP) is 4.57. The van der Waals surface area contributed by atoms with Crippen molar-refractivity contribution in [3.05, 3.63) is 77.5 Å². The van der Waals surface area contributed by atoms with Gasteiger partial charge in [0.25, 0.3) is 5.91 Å². The molecule has 2 amide bonds. The van der Waals surface area contributed by atoms with Gasteiger partial charge in [-0.05, 0) is 61.4 Å². The minimum Gasteiger partial charge on any atom is -0.497 e. The van der Waals surface area contributed by atoms with E-state index in [-0.39, 0.29) is 18.4 Å². The van der Waals surface area contributed by atoms with Crippen LogP contribution >= 0.6 is 11.8 Å². The van der Waals surface area contributed by atoms with E-state index in [9.17, 15) is 9.59 Å². The van der Waals surface area contributed by atoms with Crippen LogP contribution in [0.15, 0.2) is 70.7 Å². The van der Waals surface area contributed by atoms with E-state index in [0.717, 1.165) is 4.90 Å². The molecule has 0 bridgehead atoms. The monoisotopic (exact) mass is 435 g/mol. The summed E-state index contributed by atoms with van der Waals surface area (Å²) in [6.45, 7) is 4.03. The third-order valence-corrected chi connectivity index (χ3v) is 5.78. The van der Waals surface area contributed by atoms with Crippen LogP contribution < -0.4 is 10.1 Å². The fourth-order valence-corrected chi connectivity index (χ4v) is 3.89. The average molecular weight is 436 g/mol. The first-order valence-corrected chi connectivity index (χ1v) is 10.6. The Labute approximate surface area is 186 Å². The molecule has 3 aromatic rings. The van der Waals surface area contributed by atoms with Crippen molar-refractivity contribution in [3.8, 4) is 5.75 Å². The van der Waals surface area contributed by atoms with E-state index < -0.39 is 0 Å². The van der Waals surface area contributed by atoms with Crippen molar-refractivity contribution < 1.29 is 14.3 Å². The van der Waals surface area contributed by atoms with Gasteiger partial charge in [-0.1, -0.05) is 23.9 Å². The minimum absolute atomic E-state index is 0.0846. The summed E-state index contributed by atoms with van der Waals surface area (Å²) in [5.74, 6) is 0.0854. The van der Waals surface area contributed by atoms with E-state index in [1.165, 1.54) is 27.8 Å². The molecule has 7 heteroatoms. The van der Waals surface area contributed by atoms with Gasteiger partial charge in [-0.3, -0.25) is 9.59 Å². The van der Waals surface area contributed by atoms with Crippen molar-refractivity contribution >= 4 is 29.3 Å². The molecule has 0 fully saturated rings. The number of aromatic nitrogens is 1. The molecule has 0 saturated heterocycles. The lowest BCUT2D eigenvalue weighted by molar-refractivity contribution is -0.116. The van der Waals surface area contributed by atoms with Crippen molar-refractivity contribution in [3.63, 3.8) is 0 Å². The lowest BCUT2D eigenvalue weighted by atomic mass is 10.1. The number of hydrogen-bond acceptors (Lipinski definition) is 5. The summed E-state index contributed by atoms with van der Waals surface area (Å²) in [6.07, 6.45) is 1.66. The maximum Gasteiger partial charge on any atom is 0.256 e. The summed E-state index contributed by atoms with van der Waals surface area (Å²) in [4.78, 5) is 32.3. The molecule has 0 aliphatic heterocycles. The Morgan fingerprint density at radius 2 is 1.87 bits per heavy atom. The Morgan fingerprint density at radius 3 is 2.61 bits per heavy atom. The average Bonchev–Trinajstić information content (AvgIpc) is 2.76. The highest BCUT2D eigenvalue weighted by Gasteiger charge is 2.19. The Hall–Kier alpha value is -3.32. The summed E-state index contributed by atoms with van der Waals surface area (Å²) in [5, 5.41) is 3.39. The van der Waals surface area contributed by atoms with Crippen LogP contribution in [0, 0.1) is 13.8 Å². The van der Waals surface area contributed by atoms with E-state index in [0.29, 0.717) is 22.0 Å². The summed E-state index contributed by atoms with van der Waals surface area (Å²) < 4.78 is 5.16. The zero-order chi connectivity index (χ0) is 22.4. The Morgan fingerprint density at radius 1 is 1.06 bits per heavy atom. The van der Waals surface area contributed by atoms with Gasteiger partial charge in [-0.2, -0.15) is 0 Å². The second kappa shape index (κ2) is 10.1. The molecule has 0 spiro atoms. The summed E-state index contributed by atoms with van der Waals surface area (Å²) in [6, 6.07) is 16.7. The van der Waals surface area contributed by atoms with Crippen LogP contribution in [0.4, 0.5) is 5.69 Å². The van der Waals surface area contributed by atoms with Crippen LogP contribution in [0.2, 0.25) is 0 Å². The number of carbonyl (C=O) groups excluding carboxylic acids is 2. The van der Waals surface area contributed by atoms with Gasteiger partial charge in [-0.25, -0.2) is 4.98 Å². The molecule has 1 aromatic heterocycles. The van der Waals surface area contributed by atoms with Crippen LogP contribution in [-0.2, 0) is 4.79 Å². The third kappa shape index (κ3) is 5.86. The second-order valence-corrected chi connectivity index (χ2v) is 8.21. The van der Waals surface area contributed by atoms with Gasteiger partial charge >= 0.3 is 0 Å². The first-order valence-electron chi connectivity index (χ1n) is 9.77. The number of anilines is 1. The van der Waals surface area contributed by atoms with Crippen LogP contribution in [0.3, 0.4) is 0 Å². The maximum atomic E-state index is 13.0. The highest BCUT2D eigenvalue weighted by molar-refractivity contribution is 7.99. The van der Waals surface area contributed by atoms with Gasteiger partial charge in [0.2, 0.25) is 5.91 Å². The SMILES string of the molecule is COc1cccc(NC(=O)CN(C)C(=O)c2cccnc2Sc2ccc(C)c(C)c2)c1. The number of carbonyl (C=O) groups is 2. The third-order valence-electron chi connectivity index (χ3n) is 4.78. The number of likely N-dealkylation sites (N-methyl/N-ethyl adjacent to an activating group) is 1. The number of methoxy groups -OCH3 is 1. The number of aryl methyl sites for hydroxylation is 2. The molecule has 1 N–H and O–H groups in total. The fourth-order valence-electron chi connectivity index (χ4n) is 2.92. The summed E-state index contributed by atoms with van der Waals surface area (Å²) in [5.41, 5.74) is 3.46. The fraction of sp³-hybridized carbons (Fsp3) is 0.208. The molecule has 0 aliphatic rings. The molecule has 0 unspecified atom stereocenters. The standard InChI is InChI=1S/C24H25N3O3S/c1-16-10-11-20(13-17(16)2)31-23-21(9-6-12-25-23)24(29)27(3)15-22(28)26-18-7-5-8-19(14-18)30-4/h5-14H,15H2,1-4H3,(H,26,28). The molecule has 160 valence electrons. The van der Waals surface area contributed by atoms with E-state index in [2.05, 4.69) is 36.3 Å². The quantitative estimate of drug-likeness (QED) is 0.589. The minimum atomic E-state index is -0.295. The lowest BCUT2D eigenvalue weighted by Crippen LogP contribution is -2.35. The van der Waals surface area contributed by atoms with Crippen LogP contribution in [0.5, 0.6) is 5.75 Å². The lowest BCUT2D eigenvalue weighted by Gasteiger charge is -2.18. The smallest absolute Gasteiger partial charge is 0.256 e. The molecule has 0 aliphatic carbocycles. The van der Waals surface area contributed by atoms with Crippen LogP contribution in [-0.4, -0.2) is 42.4 Å². The largest absolute Gasteiger partial charge is 0.497 e. The zero-order valence-corrected chi connectivity index (χ0v) is 18.8. The first kappa shape index (κ1) is 22.4. The van der Waals surface area contributed by atoms with Crippen molar-refractivity contribution in [2.75, 3.05) is 26.0 Å². The second-order valence-electron chi connectivity index (χ2n) is 7.15. The number of amides is 2. The molecule has 31 heavy (non-hydrogen) atoms. The van der Waals surface area contributed by atoms with E-state index in [4.69, 9.17) is 4.74 Å². The highest BCUT2D eigenvalue weighted by Crippen LogP contribution is 2.30. The number of pyridine rings is 1. The first-order chi connectivity index (χ1) is 14.9. The molecule has 0 radical (unpaired) electrons. The van der Waals surface area contributed by atoms with Gasteiger partial charge in [0.1, 0.15) is 10.8 Å². The number of nitrogens with one attached hydrogen (secondary N) is 1. The Kier molecular flexibility index (Phi) is 7.31. The molecule has 6 nitrogen and oxygen atoms in total. The van der Waals surface area contributed by atoms with E-state index in [1.807, 2.05) is 6.07 Å². The highest BCUT2D eigenvalue weighted by atomic mass is 32.2. The zero-order valence-electron chi connectivity index (χ0n) is 18.0. The predicted molar refractivity (Wildman–Crippen MR) is 123 cm³/mol. The molecular weight excluding hydrogens is 410 g/mol. The van der Waals surface area contributed by atoms with Crippen LogP contribution in [0.25, 0.3) is 0 Å². The van der Waals surface area contributed by atoms with E-state index >= 15 is 0 Å². The Bertz CT molecular complexity index is 1100. The van der Waals surface area contributed by atoms with Gasteiger partial charge in [0.05, 0.1) is 19.2 Å². The number of benzene rings is 2. The van der Waals surface area contributed by atoms with Gasteiger partial charge in [0.15, 0.2) is 0 Å². The number of rotatable bonds is 7. The van der Waals surface area contributed by atoms with E-state index in [1.54, 1.807) is 56.8 Å². The summed E-state index contributed by atoms with van der Waals surface area (Å²) >= 11 is 1.44. The summed E-state index contributed by atoms with van der Waals surface area (Å²) in [7, 11) is 3.17. The molecule has 0 atom stereocenters. The number of nitrogens with zero attached hydrogens (tertiary/aromatic N) is 2. The molecular formula is C24H25N3O3S. The number of ether oxygens (including phenoxy) is 1. The van der Waals surface area contributed by atoms with Crippen molar-refractivity contribution in [1.82, 2.24) is 9.88 Å². The molecule has 0 saturated carbocycles. The Balaban J connectivity index is 1.70. The van der Waals surface area contributed by atoms with Gasteiger partial charge < -0.3 is 15.0 Å². The van der Waals surface area contributed by atoms with Crippen molar-refractivity contribution in [1.29, 1.82) is 0 Å². The number of hydrogen-bond donors (Lipinski definition) is 1. The van der Waals surface area contributed by atoms with Crippen molar-refractivity contribution in [2.45, 2.75) is 23.8 Å². The maximum absolute atomic E-state index is 13.0. The van der Waals surface area contributed by atoms with Crippen LogP contribution in [0.1, 0.15) is 21.5 Å². The molecule has 2 aromatic carbocycles. The normalized spacial score (nSPS) is 10.5.